The van der Waals surface area contributed by atoms with Crippen LogP contribution in [0.1, 0.15) is 75.1 Å². The number of amides is 2. The van der Waals surface area contributed by atoms with Crippen molar-refractivity contribution in [3.63, 3.8) is 0 Å². The molecule has 1 N–H and O–H groups in total. The number of piperidine rings is 1. The Bertz CT molecular complexity index is 677. The highest BCUT2D eigenvalue weighted by atomic mass is 16.6. The normalized spacial score (nSPS) is 20.7. The highest BCUT2D eigenvalue weighted by molar-refractivity contribution is 5.94. The van der Waals surface area contributed by atoms with Gasteiger partial charge in [0.25, 0.3) is 5.91 Å². The second-order valence-corrected chi connectivity index (χ2v) is 8.24. The first kappa shape index (κ1) is 18.7. The predicted molar refractivity (Wildman–Crippen MR) is 97.9 cm³/mol. The maximum Gasteiger partial charge on any atom is 0.410 e. The lowest BCUT2D eigenvalue weighted by atomic mass is 9.98. The molecule has 1 atom stereocenters. The molecule has 0 radical (unpaired) electrons. The highest BCUT2D eigenvalue weighted by Crippen LogP contribution is 2.26. The van der Waals surface area contributed by atoms with Crippen molar-refractivity contribution in [2.24, 2.45) is 0 Å². The Kier molecular flexibility index (Phi) is 5.25. The molecular formula is C19H30N4O3. The van der Waals surface area contributed by atoms with Crippen LogP contribution in [0.5, 0.6) is 0 Å². The van der Waals surface area contributed by atoms with Gasteiger partial charge in [-0.1, -0.05) is 6.92 Å². The van der Waals surface area contributed by atoms with Crippen molar-refractivity contribution in [3.05, 3.63) is 17.0 Å². The van der Waals surface area contributed by atoms with Crippen LogP contribution in [0.15, 0.2) is 0 Å². The van der Waals surface area contributed by atoms with E-state index in [-0.39, 0.29) is 12.0 Å². The maximum atomic E-state index is 13.0. The van der Waals surface area contributed by atoms with Gasteiger partial charge in [-0.2, -0.15) is 5.10 Å². The Balaban J connectivity index is 1.73. The Morgan fingerprint density at radius 3 is 2.73 bits per heavy atom. The molecule has 0 saturated carbocycles. The molecule has 0 aromatic carbocycles. The SMILES string of the molecule is CCC1CCCCN1C(=O)c1n[nH]c2c1CCN(C(=O)OC(C)(C)C)C2. The second kappa shape index (κ2) is 7.29. The minimum absolute atomic E-state index is 0.0276. The zero-order valence-electron chi connectivity index (χ0n) is 16.3. The number of likely N-dealkylation sites (tertiary alicyclic amines) is 1. The number of H-pyrrole nitrogens is 1. The minimum Gasteiger partial charge on any atom is -0.444 e. The number of aromatic nitrogens is 2. The number of hydrogen-bond donors (Lipinski definition) is 1. The molecular weight excluding hydrogens is 332 g/mol. The fraction of sp³-hybridized carbons (Fsp3) is 0.737. The van der Waals surface area contributed by atoms with Gasteiger partial charge in [0.15, 0.2) is 5.69 Å². The third kappa shape index (κ3) is 3.86. The standard InChI is InChI=1S/C19H30N4O3/c1-5-13-8-6-7-10-23(13)17(24)16-14-9-11-22(12-15(14)20-21-16)18(25)26-19(2,3)4/h13H,5-12H2,1-4H3,(H,20,21). The fourth-order valence-electron chi connectivity index (χ4n) is 3.81. The van der Waals surface area contributed by atoms with Crippen molar-refractivity contribution in [1.29, 1.82) is 0 Å². The minimum atomic E-state index is -0.518. The topological polar surface area (TPSA) is 78.5 Å². The lowest BCUT2D eigenvalue weighted by Gasteiger charge is -2.35. The number of aromatic amines is 1. The van der Waals surface area contributed by atoms with E-state index >= 15 is 0 Å². The molecule has 0 spiro atoms. The van der Waals surface area contributed by atoms with E-state index in [9.17, 15) is 9.59 Å². The summed E-state index contributed by atoms with van der Waals surface area (Å²) in [5, 5.41) is 7.29. The Labute approximate surface area is 155 Å². The lowest BCUT2D eigenvalue weighted by Crippen LogP contribution is -2.44. The molecule has 3 rings (SSSR count). The van der Waals surface area contributed by atoms with Crippen molar-refractivity contribution in [2.75, 3.05) is 13.1 Å². The molecule has 2 aliphatic heterocycles. The van der Waals surface area contributed by atoms with Gasteiger partial charge < -0.3 is 14.5 Å². The lowest BCUT2D eigenvalue weighted by molar-refractivity contribution is 0.0221. The third-order valence-electron chi connectivity index (χ3n) is 5.15. The summed E-state index contributed by atoms with van der Waals surface area (Å²) in [4.78, 5) is 29.0. The van der Waals surface area contributed by atoms with Crippen molar-refractivity contribution in [2.45, 2.75) is 78.0 Å². The van der Waals surface area contributed by atoms with Crippen molar-refractivity contribution < 1.29 is 14.3 Å². The van der Waals surface area contributed by atoms with Crippen LogP contribution in [-0.4, -0.2) is 56.7 Å². The zero-order chi connectivity index (χ0) is 18.9. The molecule has 1 unspecified atom stereocenters. The number of carbonyl (C=O) groups excluding carboxylic acids is 2. The first-order chi connectivity index (χ1) is 12.3. The van der Waals surface area contributed by atoms with Crippen LogP contribution in [0.4, 0.5) is 4.79 Å². The van der Waals surface area contributed by atoms with Gasteiger partial charge in [0.05, 0.1) is 12.2 Å². The summed E-state index contributed by atoms with van der Waals surface area (Å²) < 4.78 is 5.45. The van der Waals surface area contributed by atoms with Crippen molar-refractivity contribution >= 4 is 12.0 Å². The van der Waals surface area contributed by atoms with Gasteiger partial charge in [0.1, 0.15) is 5.60 Å². The van der Waals surface area contributed by atoms with Crippen LogP contribution < -0.4 is 0 Å². The van der Waals surface area contributed by atoms with Crippen molar-refractivity contribution in [1.82, 2.24) is 20.0 Å². The average Bonchev–Trinajstić information content (AvgIpc) is 3.02. The molecule has 0 aliphatic carbocycles. The molecule has 2 amide bonds. The quantitative estimate of drug-likeness (QED) is 0.877. The summed E-state index contributed by atoms with van der Waals surface area (Å²) >= 11 is 0. The summed E-state index contributed by atoms with van der Waals surface area (Å²) in [6.07, 6.45) is 4.59. The van der Waals surface area contributed by atoms with Gasteiger partial charge in [-0.05, 0) is 52.9 Å². The number of nitrogens with zero attached hydrogens (tertiary/aromatic N) is 3. The van der Waals surface area contributed by atoms with Gasteiger partial charge in [-0.3, -0.25) is 9.89 Å². The van der Waals surface area contributed by atoms with Crippen LogP contribution in [0.2, 0.25) is 0 Å². The molecule has 1 saturated heterocycles. The van der Waals surface area contributed by atoms with Gasteiger partial charge in [-0.15, -0.1) is 0 Å². The van der Waals surface area contributed by atoms with Gasteiger partial charge in [0.2, 0.25) is 0 Å². The molecule has 1 aromatic rings. The monoisotopic (exact) mass is 362 g/mol. The fourth-order valence-corrected chi connectivity index (χ4v) is 3.81. The molecule has 1 fully saturated rings. The third-order valence-corrected chi connectivity index (χ3v) is 5.15. The zero-order valence-corrected chi connectivity index (χ0v) is 16.3. The van der Waals surface area contributed by atoms with Gasteiger partial charge in [-0.25, -0.2) is 4.79 Å². The van der Waals surface area contributed by atoms with Gasteiger partial charge in [0, 0.05) is 24.7 Å². The maximum absolute atomic E-state index is 13.0. The second-order valence-electron chi connectivity index (χ2n) is 8.24. The Morgan fingerprint density at radius 2 is 2.04 bits per heavy atom. The van der Waals surface area contributed by atoms with Crippen molar-refractivity contribution in [3.8, 4) is 0 Å². The largest absolute Gasteiger partial charge is 0.444 e. The highest BCUT2D eigenvalue weighted by Gasteiger charge is 2.33. The van der Waals surface area contributed by atoms with E-state index in [1.807, 2.05) is 25.7 Å². The first-order valence-electron chi connectivity index (χ1n) is 9.65. The van der Waals surface area contributed by atoms with E-state index in [1.54, 1.807) is 4.90 Å². The number of ether oxygens (including phenoxy) is 1. The summed E-state index contributed by atoms with van der Waals surface area (Å²) in [5.41, 5.74) is 1.81. The van der Waals surface area contributed by atoms with E-state index in [4.69, 9.17) is 4.74 Å². The van der Waals surface area contributed by atoms with Crippen LogP contribution >= 0.6 is 0 Å². The molecule has 2 aliphatic rings. The number of hydrogen-bond acceptors (Lipinski definition) is 4. The first-order valence-corrected chi connectivity index (χ1v) is 9.65. The molecule has 0 bridgehead atoms. The smallest absolute Gasteiger partial charge is 0.410 e. The molecule has 1 aromatic heterocycles. The predicted octanol–water partition coefficient (Wildman–Crippen LogP) is 3.11. The Hall–Kier alpha value is -2.05. The Morgan fingerprint density at radius 1 is 1.27 bits per heavy atom. The van der Waals surface area contributed by atoms with Crippen LogP contribution in [0, 0.1) is 0 Å². The van der Waals surface area contributed by atoms with E-state index in [0.717, 1.165) is 37.1 Å². The van der Waals surface area contributed by atoms with E-state index in [1.165, 1.54) is 6.42 Å². The molecule has 26 heavy (non-hydrogen) atoms. The summed E-state index contributed by atoms with van der Waals surface area (Å²) in [6, 6.07) is 0.311. The van der Waals surface area contributed by atoms with E-state index in [0.29, 0.717) is 31.2 Å². The summed E-state index contributed by atoms with van der Waals surface area (Å²) in [7, 11) is 0. The van der Waals surface area contributed by atoms with Crippen LogP contribution in [-0.2, 0) is 17.7 Å². The molecule has 3 heterocycles. The molecule has 144 valence electrons. The molecule has 7 heteroatoms. The number of fused-ring (bicyclic) bond motifs is 1. The average molecular weight is 362 g/mol. The van der Waals surface area contributed by atoms with E-state index < -0.39 is 5.60 Å². The summed E-state index contributed by atoms with van der Waals surface area (Å²) in [5.74, 6) is 0.0276. The number of carbonyl (C=O) groups is 2. The van der Waals surface area contributed by atoms with E-state index in [2.05, 4.69) is 17.1 Å². The number of nitrogens with one attached hydrogen (secondary N) is 1. The van der Waals surface area contributed by atoms with Crippen LogP contribution in [0.25, 0.3) is 0 Å². The molecule has 7 nitrogen and oxygen atoms in total. The van der Waals surface area contributed by atoms with Crippen LogP contribution in [0.3, 0.4) is 0 Å². The summed E-state index contributed by atoms with van der Waals surface area (Å²) in [6.45, 7) is 9.46. The number of rotatable bonds is 2. The van der Waals surface area contributed by atoms with Gasteiger partial charge >= 0.3 is 6.09 Å².